The highest BCUT2D eigenvalue weighted by atomic mass is 32.1. The molecule has 0 aliphatic carbocycles. The Morgan fingerprint density at radius 1 is 1.32 bits per heavy atom. The number of benzene rings is 1. The number of rotatable bonds is 11. The molecular formula is C19H26N4O4S. The maximum absolute atomic E-state index is 12.0. The lowest BCUT2D eigenvalue weighted by atomic mass is 10.1. The van der Waals surface area contributed by atoms with Gasteiger partial charge in [-0.3, -0.25) is 14.7 Å². The minimum Gasteiger partial charge on any atom is -0.493 e. The summed E-state index contributed by atoms with van der Waals surface area (Å²) in [7, 11) is 1.52. The van der Waals surface area contributed by atoms with Gasteiger partial charge in [0.25, 0.3) is 0 Å². The zero-order valence-corrected chi connectivity index (χ0v) is 17.2. The zero-order valence-electron chi connectivity index (χ0n) is 16.4. The molecule has 152 valence electrons. The van der Waals surface area contributed by atoms with E-state index in [1.165, 1.54) is 14.0 Å². The lowest BCUT2D eigenvalue weighted by Crippen LogP contribution is -2.26. The van der Waals surface area contributed by atoms with E-state index in [-0.39, 0.29) is 11.7 Å². The van der Waals surface area contributed by atoms with Gasteiger partial charge < -0.3 is 19.4 Å². The number of hydrogen-bond donors (Lipinski definition) is 2. The fourth-order valence-corrected chi connectivity index (χ4v) is 2.97. The fraction of sp³-hybridized carbons (Fsp3) is 0.474. The highest BCUT2D eigenvalue weighted by Crippen LogP contribution is 2.28. The number of ether oxygens (including phenoxy) is 2. The number of ketones is 1. The number of aromatic nitrogens is 3. The predicted octanol–water partition coefficient (Wildman–Crippen LogP) is 2.69. The second kappa shape index (κ2) is 10.6. The molecule has 0 aliphatic heterocycles. The number of carbonyl (C=O) groups excluding carboxylic acids is 2. The number of nitrogens with one attached hydrogen (secondary N) is 2. The van der Waals surface area contributed by atoms with Crippen molar-refractivity contribution in [3.8, 4) is 11.5 Å². The molecule has 0 atom stereocenters. The molecule has 28 heavy (non-hydrogen) atoms. The number of Topliss-reactive ketones (excluding diaryl/α,β-unsaturated/α-hetero) is 1. The lowest BCUT2D eigenvalue weighted by Gasteiger charge is -2.11. The summed E-state index contributed by atoms with van der Waals surface area (Å²) < 4.78 is 13.4. The van der Waals surface area contributed by atoms with Crippen LogP contribution in [0.15, 0.2) is 18.2 Å². The van der Waals surface area contributed by atoms with Crippen LogP contribution in [0.2, 0.25) is 0 Å². The number of hydrogen-bond acceptors (Lipinski definition) is 6. The van der Waals surface area contributed by atoms with Gasteiger partial charge in [0.05, 0.1) is 13.7 Å². The van der Waals surface area contributed by atoms with Gasteiger partial charge in [0.15, 0.2) is 22.1 Å². The highest BCUT2D eigenvalue weighted by Gasteiger charge is 2.09. The average Bonchev–Trinajstić information content (AvgIpc) is 3.04. The zero-order chi connectivity index (χ0) is 20.5. The van der Waals surface area contributed by atoms with Crippen molar-refractivity contribution >= 4 is 23.9 Å². The van der Waals surface area contributed by atoms with Gasteiger partial charge in [-0.2, -0.15) is 5.10 Å². The van der Waals surface area contributed by atoms with Crippen molar-refractivity contribution in [3.63, 3.8) is 0 Å². The van der Waals surface area contributed by atoms with Crippen molar-refractivity contribution in [2.45, 2.75) is 39.7 Å². The first-order valence-electron chi connectivity index (χ1n) is 9.18. The number of amides is 1. The Morgan fingerprint density at radius 2 is 2.11 bits per heavy atom. The fourth-order valence-electron chi connectivity index (χ4n) is 2.69. The SMILES string of the molecule is CCn1c(CCNC(=O)CCCOc2ccc(C(C)=O)cc2OC)n[nH]c1=S. The van der Waals surface area contributed by atoms with E-state index >= 15 is 0 Å². The van der Waals surface area contributed by atoms with Crippen LogP contribution in [0.5, 0.6) is 11.5 Å². The second-order valence-electron chi connectivity index (χ2n) is 6.16. The summed E-state index contributed by atoms with van der Waals surface area (Å²) in [6.07, 6.45) is 1.54. The summed E-state index contributed by atoms with van der Waals surface area (Å²) in [5, 5.41) is 9.80. The van der Waals surface area contributed by atoms with E-state index in [0.717, 1.165) is 12.4 Å². The van der Waals surface area contributed by atoms with Gasteiger partial charge >= 0.3 is 0 Å². The van der Waals surface area contributed by atoms with Gasteiger partial charge in [-0.05, 0) is 50.7 Å². The minimum atomic E-state index is -0.0420. The van der Waals surface area contributed by atoms with Crippen molar-refractivity contribution in [1.82, 2.24) is 20.1 Å². The molecule has 2 aromatic rings. The van der Waals surface area contributed by atoms with E-state index in [1.807, 2.05) is 11.5 Å². The largest absolute Gasteiger partial charge is 0.493 e. The number of carbonyl (C=O) groups is 2. The van der Waals surface area contributed by atoms with E-state index in [1.54, 1.807) is 18.2 Å². The Kier molecular flexibility index (Phi) is 8.19. The van der Waals surface area contributed by atoms with Crippen LogP contribution in [0.3, 0.4) is 0 Å². The lowest BCUT2D eigenvalue weighted by molar-refractivity contribution is -0.121. The quantitative estimate of drug-likeness (QED) is 0.338. The monoisotopic (exact) mass is 406 g/mol. The van der Waals surface area contributed by atoms with Crippen molar-refractivity contribution in [2.24, 2.45) is 0 Å². The molecule has 0 saturated carbocycles. The van der Waals surface area contributed by atoms with Crippen molar-refractivity contribution in [1.29, 1.82) is 0 Å². The first-order valence-corrected chi connectivity index (χ1v) is 9.59. The molecule has 0 saturated heterocycles. The molecule has 2 N–H and O–H groups in total. The smallest absolute Gasteiger partial charge is 0.220 e. The summed E-state index contributed by atoms with van der Waals surface area (Å²) in [6, 6.07) is 5.05. The summed E-state index contributed by atoms with van der Waals surface area (Å²) in [5.41, 5.74) is 0.563. The third kappa shape index (κ3) is 5.91. The van der Waals surface area contributed by atoms with E-state index in [9.17, 15) is 9.59 Å². The summed E-state index contributed by atoms with van der Waals surface area (Å²) in [4.78, 5) is 23.4. The van der Waals surface area contributed by atoms with Gasteiger partial charge in [0.2, 0.25) is 5.91 Å². The van der Waals surface area contributed by atoms with Crippen molar-refractivity contribution in [2.75, 3.05) is 20.3 Å². The number of aromatic amines is 1. The van der Waals surface area contributed by atoms with Crippen LogP contribution in [0, 0.1) is 4.77 Å². The molecule has 0 aliphatic rings. The van der Waals surface area contributed by atoms with Crippen molar-refractivity contribution < 1.29 is 19.1 Å². The summed E-state index contributed by atoms with van der Waals surface area (Å²) in [5.74, 6) is 1.80. The van der Waals surface area contributed by atoms with Crippen LogP contribution in [-0.4, -0.2) is 46.7 Å². The van der Waals surface area contributed by atoms with E-state index < -0.39 is 0 Å². The molecule has 8 nitrogen and oxygen atoms in total. The van der Waals surface area contributed by atoms with Crippen LogP contribution in [0.4, 0.5) is 0 Å². The molecule has 1 heterocycles. The normalized spacial score (nSPS) is 10.5. The van der Waals surface area contributed by atoms with Crippen molar-refractivity contribution in [3.05, 3.63) is 34.4 Å². The molecule has 1 aromatic heterocycles. The van der Waals surface area contributed by atoms with Crippen LogP contribution in [-0.2, 0) is 17.8 Å². The molecule has 1 amide bonds. The van der Waals surface area contributed by atoms with Gasteiger partial charge in [-0.25, -0.2) is 0 Å². The van der Waals surface area contributed by atoms with Crippen LogP contribution >= 0.6 is 12.2 Å². The molecule has 0 unspecified atom stereocenters. The number of nitrogens with zero attached hydrogens (tertiary/aromatic N) is 2. The van der Waals surface area contributed by atoms with Crippen LogP contribution in [0.25, 0.3) is 0 Å². The molecule has 9 heteroatoms. The minimum absolute atomic E-state index is 0.0373. The highest BCUT2D eigenvalue weighted by molar-refractivity contribution is 7.71. The first-order chi connectivity index (χ1) is 13.5. The molecule has 1 aromatic carbocycles. The Bertz CT molecular complexity index is 875. The Balaban J connectivity index is 1.71. The van der Waals surface area contributed by atoms with Gasteiger partial charge in [-0.15, -0.1) is 0 Å². The standard InChI is InChI=1S/C19H26N4O4S/c1-4-23-17(21-22-19(23)28)9-10-20-18(25)6-5-11-27-15-8-7-14(13(2)24)12-16(15)26-3/h7-8,12H,4-6,9-11H2,1-3H3,(H,20,25)(H,22,28). The average molecular weight is 407 g/mol. The molecule has 0 fully saturated rings. The third-order valence-corrected chi connectivity index (χ3v) is 4.51. The van der Waals surface area contributed by atoms with E-state index in [0.29, 0.717) is 54.2 Å². The van der Waals surface area contributed by atoms with E-state index in [2.05, 4.69) is 15.5 Å². The molecule has 0 bridgehead atoms. The van der Waals surface area contributed by atoms with Crippen LogP contribution in [0.1, 0.15) is 42.9 Å². The molecule has 2 rings (SSSR count). The third-order valence-electron chi connectivity index (χ3n) is 4.20. The van der Waals surface area contributed by atoms with Gasteiger partial charge in [-0.1, -0.05) is 0 Å². The topological polar surface area (TPSA) is 98.2 Å². The molecule has 0 radical (unpaired) electrons. The molecular weight excluding hydrogens is 380 g/mol. The maximum atomic E-state index is 12.0. The Hall–Kier alpha value is -2.68. The maximum Gasteiger partial charge on any atom is 0.220 e. The predicted molar refractivity (Wildman–Crippen MR) is 108 cm³/mol. The van der Waals surface area contributed by atoms with Gasteiger partial charge in [0, 0.05) is 31.5 Å². The Morgan fingerprint density at radius 3 is 2.79 bits per heavy atom. The summed E-state index contributed by atoms with van der Waals surface area (Å²) >= 11 is 5.14. The van der Waals surface area contributed by atoms with Gasteiger partial charge in [0.1, 0.15) is 5.82 Å². The second-order valence-corrected chi connectivity index (χ2v) is 6.55. The number of H-pyrrole nitrogens is 1. The van der Waals surface area contributed by atoms with E-state index in [4.69, 9.17) is 21.7 Å². The number of methoxy groups -OCH3 is 1. The first kappa shape index (κ1) is 21.6. The Labute approximate surface area is 169 Å². The van der Waals surface area contributed by atoms with Crippen LogP contribution < -0.4 is 14.8 Å². The molecule has 0 spiro atoms. The summed E-state index contributed by atoms with van der Waals surface area (Å²) in [6.45, 7) is 5.11.